The number of hydrogen-bond donors (Lipinski definition) is 3. The van der Waals surface area contributed by atoms with Crippen LogP contribution in [0.15, 0.2) is 52.5 Å². The average molecular weight is 467 g/mol. The summed E-state index contributed by atoms with van der Waals surface area (Å²) in [7, 11) is -3.74. The molecule has 2 aliphatic carbocycles. The third-order valence-corrected chi connectivity index (χ3v) is 8.38. The Hall–Kier alpha value is -2.94. The number of aromatic amines is 1. The fourth-order valence-corrected chi connectivity index (χ4v) is 6.14. The number of aromatic nitrogens is 4. The van der Waals surface area contributed by atoms with Crippen LogP contribution in [0.5, 0.6) is 0 Å². The van der Waals surface area contributed by atoms with Gasteiger partial charge in [-0.3, -0.25) is 10.1 Å². The van der Waals surface area contributed by atoms with E-state index in [-0.39, 0.29) is 9.79 Å². The molecular formula is C24H30N6O2S. The van der Waals surface area contributed by atoms with Gasteiger partial charge in [0.05, 0.1) is 9.79 Å². The lowest BCUT2D eigenvalue weighted by molar-refractivity contribution is 0.462. The zero-order valence-electron chi connectivity index (χ0n) is 18.6. The summed E-state index contributed by atoms with van der Waals surface area (Å²) >= 11 is 0. The molecule has 3 aromatic rings. The van der Waals surface area contributed by atoms with Crippen molar-refractivity contribution in [1.82, 2.24) is 20.2 Å². The fourth-order valence-electron chi connectivity index (χ4n) is 4.87. The Morgan fingerprint density at radius 1 is 0.879 bits per heavy atom. The van der Waals surface area contributed by atoms with Crippen molar-refractivity contribution in [3.05, 3.63) is 48.4 Å². The van der Waals surface area contributed by atoms with E-state index in [0.717, 1.165) is 18.5 Å². The molecule has 3 N–H and O–H groups in total. The summed E-state index contributed by atoms with van der Waals surface area (Å²) in [6, 6.07) is 8.69. The first-order valence-electron chi connectivity index (χ1n) is 11.8. The summed E-state index contributed by atoms with van der Waals surface area (Å²) in [5.74, 6) is 2.16. The number of H-pyrrole nitrogens is 1. The van der Waals surface area contributed by atoms with Crippen molar-refractivity contribution in [2.75, 3.05) is 10.6 Å². The SMILES string of the molecule is O=S(=O)(c1cccnc1)c1cc(Nc2cc(C3CCCC3)[nH]n2)nc(NC2CCCCC2)c1. The van der Waals surface area contributed by atoms with E-state index >= 15 is 0 Å². The first-order chi connectivity index (χ1) is 16.1. The second-order valence-corrected chi connectivity index (χ2v) is 11.0. The van der Waals surface area contributed by atoms with Crippen LogP contribution >= 0.6 is 0 Å². The van der Waals surface area contributed by atoms with Gasteiger partial charge in [0.2, 0.25) is 9.84 Å². The molecule has 0 atom stereocenters. The summed E-state index contributed by atoms with van der Waals surface area (Å²) in [6.07, 6.45) is 13.5. The molecule has 0 bridgehead atoms. The van der Waals surface area contributed by atoms with Crippen LogP contribution in [0.3, 0.4) is 0 Å². The van der Waals surface area contributed by atoms with Crippen LogP contribution in [0.25, 0.3) is 0 Å². The van der Waals surface area contributed by atoms with Crippen LogP contribution in [0.4, 0.5) is 17.5 Å². The largest absolute Gasteiger partial charge is 0.367 e. The third kappa shape index (κ3) is 5.03. The normalized spacial score (nSPS) is 17.8. The molecule has 0 amide bonds. The van der Waals surface area contributed by atoms with Gasteiger partial charge >= 0.3 is 0 Å². The van der Waals surface area contributed by atoms with E-state index in [2.05, 4.69) is 30.8 Å². The second-order valence-electron chi connectivity index (χ2n) is 9.06. The Labute approximate surface area is 194 Å². The third-order valence-electron chi connectivity index (χ3n) is 6.66. The van der Waals surface area contributed by atoms with Crippen LogP contribution in [0, 0.1) is 0 Å². The molecule has 0 saturated heterocycles. The van der Waals surface area contributed by atoms with Gasteiger partial charge in [0, 0.05) is 42.2 Å². The molecule has 3 heterocycles. The van der Waals surface area contributed by atoms with E-state index in [1.807, 2.05) is 6.07 Å². The maximum atomic E-state index is 13.3. The topological polar surface area (TPSA) is 113 Å². The van der Waals surface area contributed by atoms with Crippen molar-refractivity contribution in [1.29, 1.82) is 0 Å². The van der Waals surface area contributed by atoms with Crippen LogP contribution in [-0.4, -0.2) is 34.6 Å². The monoisotopic (exact) mass is 466 g/mol. The minimum absolute atomic E-state index is 0.161. The molecule has 0 unspecified atom stereocenters. The maximum absolute atomic E-state index is 13.3. The lowest BCUT2D eigenvalue weighted by Crippen LogP contribution is -2.23. The number of rotatable bonds is 7. The van der Waals surface area contributed by atoms with Gasteiger partial charge in [-0.15, -0.1) is 0 Å². The summed E-state index contributed by atoms with van der Waals surface area (Å²) in [5, 5.41) is 14.2. The second kappa shape index (κ2) is 9.51. The van der Waals surface area contributed by atoms with Crippen LogP contribution in [0.2, 0.25) is 0 Å². The molecule has 2 aliphatic rings. The van der Waals surface area contributed by atoms with E-state index in [1.54, 1.807) is 30.5 Å². The average Bonchev–Trinajstić information content (AvgIpc) is 3.52. The Morgan fingerprint density at radius 2 is 1.64 bits per heavy atom. The van der Waals surface area contributed by atoms with Gasteiger partial charge < -0.3 is 10.6 Å². The molecule has 5 rings (SSSR count). The fraction of sp³-hybridized carbons (Fsp3) is 0.458. The quantitative estimate of drug-likeness (QED) is 0.440. The predicted molar refractivity (Wildman–Crippen MR) is 128 cm³/mol. The molecule has 33 heavy (non-hydrogen) atoms. The highest BCUT2D eigenvalue weighted by atomic mass is 32.2. The summed E-state index contributed by atoms with van der Waals surface area (Å²) in [4.78, 5) is 9.00. The van der Waals surface area contributed by atoms with Gasteiger partial charge in [0.15, 0.2) is 5.82 Å². The van der Waals surface area contributed by atoms with Gasteiger partial charge in [-0.05, 0) is 43.9 Å². The van der Waals surface area contributed by atoms with Gasteiger partial charge in [0.1, 0.15) is 11.6 Å². The van der Waals surface area contributed by atoms with E-state index in [4.69, 9.17) is 0 Å². The molecule has 0 aliphatic heterocycles. The number of nitrogens with zero attached hydrogens (tertiary/aromatic N) is 3. The molecule has 8 nitrogen and oxygen atoms in total. The van der Waals surface area contributed by atoms with Crippen LogP contribution in [-0.2, 0) is 9.84 Å². The van der Waals surface area contributed by atoms with Crippen molar-refractivity contribution >= 4 is 27.3 Å². The van der Waals surface area contributed by atoms with Gasteiger partial charge in [-0.2, -0.15) is 5.10 Å². The highest BCUT2D eigenvalue weighted by Crippen LogP contribution is 2.34. The number of anilines is 3. The lowest BCUT2D eigenvalue weighted by atomic mass is 9.95. The molecule has 3 aromatic heterocycles. The van der Waals surface area contributed by atoms with E-state index in [1.165, 1.54) is 51.1 Å². The Kier molecular flexibility index (Phi) is 6.30. The van der Waals surface area contributed by atoms with Gasteiger partial charge in [-0.1, -0.05) is 32.1 Å². The zero-order chi connectivity index (χ0) is 22.7. The highest BCUT2D eigenvalue weighted by Gasteiger charge is 2.23. The standard InChI is InChI=1S/C24H30N6O2S/c31-33(32,19-11-6-12-25-16-19)20-13-22(26-18-9-2-1-3-10-18)27-23(14-20)28-24-15-21(29-30-24)17-7-4-5-8-17/h6,11-18H,1-5,7-10H2,(H3,26,27,28,29,30). The van der Waals surface area contributed by atoms with Crippen molar-refractivity contribution in [3.63, 3.8) is 0 Å². The van der Waals surface area contributed by atoms with Crippen molar-refractivity contribution in [2.24, 2.45) is 0 Å². The maximum Gasteiger partial charge on any atom is 0.208 e. The minimum atomic E-state index is -3.74. The highest BCUT2D eigenvalue weighted by molar-refractivity contribution is 7.91. The number of sulfone groups is 1. The predicted octanol–water partition coefficient (Wildman–Crippen LogP) is 5.18. The lowest BCUT2D eigenvalue weighted by Gasteiger charge is -2.23. The molecular weight excluding hydrogens is 436 g/mol. The molecule has 0 radical (unpaired) electrons. The van der Waals surface area contributed by atoms with Crippen molar-refractivity contribution in [3.8, 4) is 0 Å². The Bertz CT molecular complexity index is 1180. The van der Waals surface area contributed by atoms with Gasteiger partial charge in [0.25, 0.3) is 0 Å². The minimum Gasteiger partial charge on any atom is -0.367 e. The molecule has 9 heteroatoms. The molecule has 2 saturated carbocycles. The first kappa shape index (κ1) is 21.9. The summed E-state index contributed by atoms with van der Waals surface area (Å²) < 4.78 is 26.6. The molecule has 174 valence electrons. The summed E-state index contributed by atoms with van der Waals surface area (Å²) in [5.41, 5.74) is 1.12. The number of pyridine rings is 2. The van der Waals surface area contributed by atoms with Crippen molar-refractivity contribution in [2.45, 2.75) is 79.5 Å². The Morgan fingerprint density at radius 3 is 2.39 bits per heavy atom. The van der Waals surface area contributed by atoms with Crippen LogP contribution in [0.1, 0.15) is 69.4 Å². The van der Waals surface area contributed by atoms with Crippen LogP contribution < -0.4 is 10.6 Å². The Balaban J connectivity index is 1.45. The first-order valence-corrected chi connectivity index (χ1v) is 13.3. The smallest absolute Gasteiger partial charge is 0.208 e. The number of hydrogen-bond acceptors (Lipinski definition) is 7. The van der Waals surface area contributed by atoms with E-state index in [9.17, 15) is 8.42 Å². The molecule has 2 fully saturated rings. The van der Waals surface area contributed by atoms with E-state index in [0.29, 0.717) is 29.4 Å². The van der Waals surface area contributed by atoms with Gasteiger partial charge in [-0.25, -0.2) is 13.4 Å². The zero-order valence-corrected chi connectivity index (χ0v) is 19.4. The van der Waals surface area contributed by atoms with Crippen molar-refractivity contribution < 1.29 is 8.42 Å². The molecule has 0 aromatic carbocycles. The van der Waals surface area contributed by atoms with E-state index < -0.39 is 9.84 Å². The summed E-state index contributed by atoms with van der Waals surface area (Å²) in [6.45, 7) is 0. The number of nitrogens with one attached hydrogen (secondary N) is 3. The molecule has 0 spiro atoms.